The largest absolute Gasteiger partial charge is 0.480 e. The van der Waals surface area contributed by atoms with E-state index in [0.29, 0.717) is 20.6 Å². The van der Waals surface area contributed by atoms with E-state index in [0.717, 1.165) is 5.56 Å². The number of halogens is 1. The minimum Gasteiger partial charge on any atom is -0.480 e. The lowest BCUT2D eigenvalue weighted by atomic mass is 10.0. The summed E-state index contributed by atoms with van der Waals surface area (Å²) >= 11 is 7.36. The summed E-state index contributed by atoms with van der Waals surface area (Å²) in [4.78, 5) is 28.4. The molecule has 1 aromatic heterocycles. The van der Waals surface area contributed by atoms with Crippen LogP contribution >= 0.6 is 22.9 Å². The van der Waals surface area contributed by atoms with Crippen molar-refractivity contribution in [1.29, 1.82) is 0 Å². The third-order valence-electron chi connectivity index (χ3n) is 3.33. The van der Waals surface area contributed by atoms with Gasteiger partial charge in [-0.1, -0.05) is 43.6 Å². The highest BCUT2D eigenvalue weighted by atomic mass is 35.5. The van der Waals surface area contributed by atoms with Crippen molar-refractivity contribution < 1.29 is 14.7 Å². The van der Waals surface area contributed by atoms with Gasteiger partial charge in [0.05, 0.1) is 10.7 Å². The third-order valence-corrected chi connectivity index (χ3v) is 4.85. The number of nitrogens with one attached hydrogen (secondary N) is 1. The number of carboxylic acid groups (broad SMARTS) is 1. The van der Waals surface area contributed by atoms with Crippen LogP contribution in [-0.4, -0.2) is 28.0 Å². The van der Waals surface area contributed by atoms with Crippen LogP contribution in [0.15, 0.2) is 24.3 Å². The van der Waals surface area contributed by atoms with Gasteiger partial charge in [-0.15, -0.1) is 11.3 Å². The molecule has 1 heterocycles. The first-order valence-corrected chi connectivity index (χ1v) is 8.26. The molecule has 0 saturated heterocycles. The number of carbonyl (C=O) groups excluding carboxylic acids is 1. The zero-order valence-electron chi connectivity index (χ0n) is 13.0. The van der Waals surface area contributed by atoms with Crippen LogP contribution in [0.5, 0.6) is 0 Å². The summed E-state index contributed by atoms with van der Waals surface area (Å²) in [7, 11) is 0. The third kappa shape index (κ3) is 3.89. The number of hydrogen-bond donors (Lipinski definition) is 2. The predicted molar refractivity (Wildman–Crippen MR) is 91.0 cm³/mol. The smallest absolute Gasteiger partial charge is 0.326 e. The fourth-order valence-corrected chi connectivity index (χ4v) is 3.37. The Morgan fingerprint density at radius 3 is 2.52 bits per heavy atom. The van der Waals surface area contributed by atoms with Gasteiger partial charge in [0.15, 0.2) is 0 Å². The van der Waals surface area contributed by atoms with E-state index >= 15 is 0 Å². The lowest BCUT2D eigenvalue weighted by Crippen LogP contribution is -2.44. The average molecular weight is 353 g/mol. The van der Waals surface area contributed by atoms with Crippen molar-refractivity contribution in [3.8, 4) is 10.6 Å². The number of amides is 1. The van der Waals surface area contributed by atoms with Gasteiger partial charge in [-0.3, -0.25) is 4.79 Å². The molecule has 0 aliphatic carbocycles. The van der Waals surface area contributed by atoms with Crippen molar-refractivity contribution in [3.05, 3.63) is 39.9 Å². The Bertz CT molecular complexity index is 743. The van der Waals surface area contributed by atoms with Gasteiger partial charge in [0.1, 0.15) is 15.9 Å². The van der Waals surface area contributed by atoms with Crippen molar-refractivity contribution in [2.75, 3.05) is 0 Å². The van der Waals surface area contributed by atoms with Crippen LogP contribution in [0.4, 0.5) is 0 Å². The summed E-state index contributed by atoms with van der Waals surface area (Å²) in [6, 6.07) is 6.31. The van der Waals surface area contributed by atoms with Crippen LogP contribution in [0, 0.1) is 12.8 Å². The lowest BCUT2D eigenvalue weighted by Gasteiger charge is -2.17. The van der Waals surface area contributed by atoms with E-state index in [-0.39, 0.29) is 5.92 Å². The maximum atomic E-state index is 12.4. The molecule has 0 aliphatic rings. The maximum absolute atomic E-state index is 12.4. The molecule has 2 N–H and O–H groups in total. The molecule has 23 heavy (non-hydrogen) atoms. The van der Waals surface area contributed by atoms with Crippen molar-refractivity contribution in [1.82, 2.24) is 10.3 Å². The molecule has 1 aromatic carbocycles. The van der Waals surface area contributed by atoms with E-state index in [2.05, 4.69) is 10.3 Å². The fraction of sp³-hybridized carbons (Fsp3) is 0.312. The van der Waals surface area contributed by atoms with E-state index in [4.69, 9.17) is 11.6 Å². The molecule has 1 atom stereocenters. The average Bonchev–Trinajstić information content (AvgIpc) is 2.86. The number of nitrogens with zero attached hydrogens (tertiary/aromatic N) is 1. The van der Waals surface area contributed by atoms with E-state index < -0.39 is 17.9 Å². The number of hydrogen-bond acceptors (Lipinski definition) is 4. The quantitative estimate of drug-likeness (QED) is 0.861. The molecule has 2 aromatic rings. The summed E-state index contributed by atoms with van der Waals surface area (Å²) < 4.78 is 0. The fourth-order valence-electron chi connectivity index (χ4n) is 2.08. The van der Waals surface area contributed by atoms with Crippen molar-refractivity contribution in [2.24, 2.45) is 5.92 Å². The minimum absolute atomic E-state index is 0.215. The highest BCUT2D eigenvalue weighted by Crippen LogP contribution is 2.32. The minimum atomic E-state index is -1.05. The van der Waals surface area contributed by atoms with Crippen molar-refractivity contribution in [2.45, 2.75) is 26.8 Å². The van der Waals surface area contributed by atoms with Crippen LogP contribution in [0.2, 0.25) is 5.02 Å². The summed E-state index contributed by atoms with van der Waals surface area (Å²) in [6.07, 6.45) is 0. The first kappa shape index (κ1) is 17.4. The van der Waals surface area contributed by atoms with Gasteiger partial charge in [0.2, 0.25) is 0 Å². The second kappa shape index (κ2) is 7.10. The van der Waals surface area contributed by atoms with E-state index in [1.54, 1.807) is 26.8 Å². The van der Waals surface area contributed by atoms with Crippen LogP contribution in [0.25, 0.3) is 10.6 Å². The Kier molecular flexibility index (Phi) is 5.38. The molecule has 0 unspecified atom stereocenters. The van der Waals surface area contributed by atoms with Gasteiger partial charge >= 0.3 is 5.97 Å². The molecule has 2 rings (SSSR count). The molecular weight excluding hydrogens is 336 g/mol. The molecule has 5 nitrogen and oxygen atoms in total. The molecule has 0 spiro atoms. The van der Waals surface area contributed by atoms with Gasteiger partial charge in [0, 0.05) is 5.56 Å². The Hall–Kier alpha value is -1.92. The number of rotatable bonds is 5. The first-order chi connectivity index (χ1) is 10.8. The summed E-state index contributed by atoms with van der Waals surface area (Å²) in [5.41, 5.74) is 1.30. The molecule has 0 aliphatic heterocycles. The number of benzene rings is 1. The van der Waals surface area contributed by atoms with E-state index in [1.807, 2.05) is 18.2 Å². The SMILES string of the molecule is Cc1nc(-c2ccccc2Cl)sc1C(=O)N[C@H](C(=O)O)C(C)C. The second-order valence-corrected chi connectivity index (χ2v) is 6.85. The second-order valence-electron chi connectivity index (χ2n) is 5.45. The van der Waals surface area contributed by atoms with Crippen molar-refractivity contribution >= 4 is 34.8 Å². The van der Waals surface area contributed by atoms with E-state index in [1.165, 1.54) is 11.3 Å². The Balaban J connectivity index is 2.29. The van der Waals surface area contributed by atoms with Gasteiger partial charge in [-0.2, -0.15) is 0 Å². The summed E-state index contributed by atoms with van der Waals surface area (Å²) in [5.74, 6) is -1.70. The molecule has 7 heteroatoms. The Morgan fingerprint density at radius 2 is 1.96 bits per heavy atom. The molecule has 1 amide bonds. The molecule has 0 fully saturated rings. The van der Waals surface area contributed by atoms with Crippen LogP contribution < -0.4 is 5.32 Å². The molecule has 122 valence electrons. The molecular formula is C16H17ClN2O3S. The number of aliphatic carboxylic acids is 1. The monoisotopic (exact) mass is 352 g/mol. The highest BCUT2D eigenvalue weighted by Gasteiger charge is 2.26. The van der Waals surface area contributed by atoms with Crippen LogP contribution in [0.1, 0.15) is 29.2 Å². The lowest BCUT2D eigenvalue weighted by molar-refractivity contribution is -0.140. The zero-order valence-corrected chi connectivity index (χ0v) is 14.5. The van der Waals surface area contributed by atoms with E-state index in [9.17, 15) is 14.7 Å². The normalized spacial score (nSPS) is 12.2. The number of aryl methyl sites for hydroxylation is 1. The predicted octanol–water partition coefficient (Wildman–Crippen LogP) is 3.61. The zero-order chi connectivity index (χ0) is 17.1. The standard InChI is InChI=1S/C16H17ClN2O3S/c1-8(2)12(16(21)22)19-14(20)13-9(3)18-15(23-13)10-6-4-5-7-11(10)17/h4-8,12H,1-3H3,(H,19,20)(H,21,22)/t12-/m0/s1. The topological polar surface area (TPSA) is 79.3 Å². The first-order valence-electron chi connectivity index (χ1n) is 7.07. The summed E-state index contributed by atoms with van der Waals surface area (Å²) in [5, 5.41) is 12.9. The summed E-state index contributed by atoms with van der Waals surface area (Å²) in [6.45, 7) is 5.21. The van der Waals surface area contributed by atoms with Crippen molar-refractivity contribution in [3.63, 3.8) is 0 Å². The number of carboxylic acids is 1. The highest BCUT2D eigenvalue weighted by molar-refractivity contribution is 7.17. The van der Waals surface area contributed by atoms with Gasteiger partial charge in [0.25, 0.3) is 5.91 Å². The maximum Gasteiger partial charge on any atom is 0.326 e. The molecule has 0 radical (unpaired) electrons. The number of carbonyl (C=O) groups is 2. The number of thiazole rings is 1. The van der Waals surface area contributed by atoms with Gasteiger partial charge < -0.3 is 10.4 Å². The molecule has 0 bridgehead atoms. The van der Waals surface area contributed by atoms with Gasteiger partial charge in [-0.25, -0.2) is 9.78 Å². The Labute approximate surface area is 143 Å². The number of aromatic nitrogens is 1. The van der Waals surface area contributed by atoms with Crippen LogP contribution in [0.3, 0.4) is 0 Å². The molecule has 0 saturated carbocycles. The van der Waals surface area contributed by atoms with Crippen LogP contribution in [-0.2, 0) is 4.79 Å². The van der Waals surface area contributed by atoms with Gasteiger partial charge in [-0.05, 0) is 18.9 Å². The Morgan fingerprint density at radius 1 is 1.30 bits per heavy atom.